The number of aromatic nitrogens is 2. The summed E-state index contributed by atoms with van der Waals surface area (Å²) in [6.07, 6.45) is 3.17. The third kappa shape index (κ3) is 8.05. The number of thiazole rings is 1. The molecule has 3 N–H and O–H groups in total. The Morgan fingerprint density at radius 1 is 1.18 bits per heavy atom. The summed E-state index contributed by atoms with van der Waals surface area (Å²) in [4.78, 5) is 52.8. The molecule has 2 saturated carbocycles. The van der Waals surface area contributed by atoms with E-state index in [0.717, 1.165) is 11.3 Å². The minimum atomic E-state index is -3.93. The molecule has 3 amide bonds. The van der Waals surface area contributed by atoms with E-state index in [1.54, 1.807) is 43.5 Å². The molecule has 1 saturated heterocycles. The van der Waals surface area contributed by atoms with Crippen LogP contribution in [0.2, 0.25) is 10.0 Å². The third-order valence-corrected chi connectivity index (χ3v) is 13.6. The molecule has 0 unspecified atom stereocenters. The van der Waals surface area contributed by atoms with Gasteiger partial charge in [0.2, 0.25) is 27.7 Å². The first-order chi connectivity index (χ1) is 27.0. The fraction of sp³-hybridized carbons (Fsp3) is 0.359. The Labute approximate surface area is 342 Å². The number of halogens is 3. The Morgan fingerprint density at radius 2 is 1.93 bits per heavy atom. The number of fused-ring (bicyclic) bond motifs is 1. The van der Waals surface area contributed by atoms with E-state index in [1.165, 1.54) is 30.3 Å². The monoisotopic (exact) mass is 856 g/mol. The van der Waals surface area contributed by atoms with Gasteiger partial charge >= 0.3 is 0 Å². The summed E-state index contributed by atoms with van der Waals surface area (Å²) >= 11 is 13.6. The van der Waals surface area contributed by atoms with Crippen LogP contribution in [0.5, 0.6) is 11.6 Å². The smallest absolute Gasteiger partial charge is 0.259 e. The maximum Gasteiger partial charge on any atom is 0.259 e. The normalized spacial score (nSPS) is 22.1. The first kappa shape index (κ1) is 40.4. The molecule has 3 heterocycles. The zero-order chi connectivity index (χ0) is 41.0. The number of hydrogen-bond donors (Lipinski definition) is 3. The maximum absolute atomic E-state index is 14.9. The molecule has 5 atom stereocenters. The van der Waals surface area contributed by atoms with Crippen LogP contribution in [-0.4, -0.2) is 83.6 Å². The number of likely N-dealkylation sites (tertiary alicyclic amines) is 1. The van der Waals surface area contributed by atoms with Crippen molar-refractivity contribution < 1.29 is 36.7 Å². The van der Waals surface area contributed by atoms with Gasteiger partial charge in [0.1, 0.15) is 35.3 Å². The van der Waals surface area contributed by atoms with Gasteiger partial charge < -0.3 is 25.0 Å². The number of ether oxygens (including phenoxy) is 2. The molecule has 0 spiro atoms. The number of carbonyl (C=O) groups is 3. The second kappa shape index (κ2) is 15.5. The number of nitrogens with zero attached hydrogens (tertiary/aromatic N) is 3. The minimum absolute atomic E-state index is 0.0241. The second-order valence-electron chi connectivity index (χ2n) is 14.5. The van der Waals surface area contributed by atoms with Crippen LogP contribution >= 0.6 is 34.5 Å². The van der Waals surface area contributed by atoms with Crippen LogP contribution in [0.1, 0.15) is 38.2 Å². The van der Waals surface area contributed by atoms with Gasteiger partial charge in [-0.05, 0) is 74.6 Å². The summed E-state index contributed by atoms with van der Waals surface area (Å²) in [6.45, 7) is 11.1. The lowest BCUT2D eigenvalue weighted by Crippen LogP contribution is -2.57. The molecule has 1 aliphatic heterocycles. The van der Waals surface area contributed by atoms with E-state index in [4.69, 9.17) is 32.7 Å². The average molecular weight is 858 g/mol. The molecule has 3 aliphatic rings. The van der Waals surface area contributed by atoms with Gasteiger partial charge in [0.25, 0.3) is 5.91 Å². The van der Waals surface area contributed by atoms with Crippen LogP contribution in [0.25, 0.3) is 22.0 Å². The van der Waals surface area contributed by atoms with Gasteiger partial charge in [0.15, 0.2) is 5.13 Å². The van der Waals surface area contributed by atoms with Gasteiger partial charge in [-0.25, -0.2) is 22.8 Å². The van der Waals surface area contributed by atoms with Gasteiger partial charge in [0, 0.05) is 44.1 Å². The van der Waals surface area contributed by atoms with Crippen LogP contribution in [0.4, 0.5) is 9.52 Å². The molecule has 7 rings (SSSR count). The van der Waals surface area contributed by atoms with Crippen LogP contribution in [-0.2, 0) is 24.4 Å². The first-order valence-corrected chi connectivity index (χ1v) is 21.2. The summed E-state index contributed by atoms with van der Waals surface area (Å²) < 4.78 is 54.4. The van der Waals surface area contributed by atoms with Crippen molar-refractivity contribution in [2.45, 2.75) is 68.5 Å². The fourth-order valence-electron chi connectivity index (χ4n) is 6.98. The van der Waals surface area contributed by atoms with E-state index < -0.39 is 68.5 Å². The number of sulfonamides is 1. The first-order valence-electron chi connectivity index (χ1n) is 18.0. The number of pyridine rings is 1. The van der Waals surface area contributed by atoms with E-state index in [2.05, 4.69) is 38.5 Å². The van der Waals surface area contributed by atoms with E-state index >= 15 is 0 Å². The third-order valence-electron chi connectivity index (χ3n) is 10.4. The van der Waals surface area contributed by atoms with Crippen molar-refractivity contribution in [3.05, 3.63) is 88.1 Å². The van der Waals surface area contributed by atoms with E-state index in [-0.39, 0.29) is 41.0 Å². The molecule has 57 heavy (non-hydrogen) atoms. The lowest BCUT2D eigenvalue weighted by atomic mass is 10.1. The van der Waals surface area contributed by atoms with Gasteiger partial charge in [-0.15, -0.1) is 17.9 Å². The predicted octanol–water partition coefficient (Wildman–Crippen LogP) is 6.20. The quantitative estimate of drug-likeness (QED) is 0.124. The zero-order valence-electron chi connectivity index (χ0n) is 31.1. The van der Waals surface area contributed by atoms with Crippen molar-refractivity contribution >= 4 is 78.2 Å². The maximum atomic E-state index is 14.9. The molecule has 2 aliphatic carbocycles. The molecule has 300 valence electrons. The topological polar surface area (TPSA) is 169 Å². The summed E-state index contributed by atoms with van der Waals surface area (Å²) in [5.41, 5.74) is 0.0273. The van der Waals surface area contributed by atoms with E-state index in [1.807, 2.05) is 0 Å². The summed E-state index contributed by atoms with van der Waals surface area (Å²) in [5, 5.41) is 9.07. The SMILES string of the molecule is C=C[C@@H]1C[C@]1(NC(=O)[C@@H]1C[C@@H](Oc2ncc(OC)c3ccc(Cl)cc23)CN1C(=O)[C@@H](Nc1nc(-c2cc(C)c(Cl)cc2F)cs1)C(=C)C)C(=O)NS(=O)(=O)C1CC1. The highest BCUT2D eigenvalue weighted by Gasteiger charge is 2.62. The van der Waals surface area contributed by atoms with Crippen molar-refractivity contribution in [3.63, 3.8) is 0 Å². The minimum Gasteiger partial charge on any atom is -0.494 e. The average Bonchev–Trinajstić information content (AvgIpc) is 4.06. The van der Waals surface area contributed by atoms with Gasteiger partial charge in [0.05, 0.1) is 30.8 Å². The van der Waals surface area contributed by atoms with Crippen LogP contribution < -0.4 is 24.8 Å². The molecule has 0 radical (unpaired) electrons. The largest absolute Gasteiger partial charge is 0.494 e. The fourth-order valence-corrected chi connectivity index (χ4v) is 9.40. The summed E-state index contributed by atoms with van der Waals surface area (Å²) in [5.74, 6) is -2.55. The van der Waals surface area contributed by atoms with Gasteiger partial charge in [-0.2, -0.15) is 0 Å². The summed E-state index contributed by atoms with van der Waals surface area (Å²) in [7, 11) is -2.42. The van der Waals surface area contributed by atoms with E-state index in [0.29, 0.717) is 51.2 Å². The zero-order valence-corrected chi connectivity index (χ0v) is 34.2. The molecule has 13 nitrogen and oxygen atoms in total. The number of nitrogens with one attached hydrogen (secondary N) is 3. The van der Waals surface area contributed by atoms with Crippen molar-refractivity contribution in [3.8, 4) is 22.9 Å². The van der Waals surface area contributed by atoms with Crippen LogP contribution in [0.3, 0.4) is 0 Å². The molecule has 2 aromatic heterocycles. The number of carbonyl (C=O) groups excluding carboxylic acids is 3. The number of hydrogen-bond acceptors (Lipinski definition) is 11. The van der Waals surface area contributed by atoms with Crippen LogP contribution in [0.15, 0.2) is 66.7 Å². The van der Waals surface area contributed by atoms with Crippen molar-refractivity contribution in [1.82, 2.24) is 24.9 Å². The highest BCUT2D eigenvalue weighted by Crippen LogP contribution is 2.46. The van der Waals surface area contributed by atoms with Crippen molar-refractivity contribution in [1.29, 1.82) is 0 Å². The highest BCUT2D eigenvalue weighted by atomic mass is 35.5. The molecular formula is C39H39Cl2FN6O7S2. The highest BCUT2D eigenvalue weighted by molar-refractivity contribution is 7.91. The lowest BCUT2D eigenvalue weighted by Gasteiger charge is -2.30. The van der Waals surface area contributed by atoms with Crippen molar-refractivity contribution in [2.24, 2.45) is 5.92 Å². The number of benzene rings is 2. The molecular weight excluding hydrogens is 819 g/mol. The molecule has 18 heteroatoms. The van der Waals surface area contributed by atoms with E-state index in [9.17, 15) is 27.2 Å². The Kier molecular flexibility index (Phi) is 11.0. The summed E-state index contributed by atoms with van der Waals surface area (Å²) in [6, 6.07) is 5.65. The molecule has 4 aromatic rings. The Bertz CT molecular complexity index is 2440. The standard InChI is InChI=1S/C39H39Cl2FN6O7S2/c1-6-21-15-39(21,37(51)47-57(52,53)24-8-9-24)46-34(49)31-13-23(55-35-26-12-22(40)7-10-25(26)32(54-5)16-43-35)17-48(31)36(50)33(19(2)3)45-38-44-30(18-56-38)27-11-20(4)28(41)14-29(27)42/h6-7,10-12,14,16,18,21,23-24,31,33H,1-2,8-9,13,15,17H2,3-5H3,(H,44,45)(H,46,49)(H,47,51)/t21-,23-,31+,33+,39-/m1/s1. The van der Waals surface area contributed by atoms with Gasteiger partial charge in [-0.3, -0.25) is 19.1 Å². The Hall–Kier alpha value is -4.77. The number of amides is 3. The van der Waals surface area contributed by atoms with Gasteiger partial charge in [-0.1, -0.05) is 35.9 Å². The molecule has 3 fully saturated rings. The number of rotatable bonds is 14. The Balaban J connectivity index is 1.18. The Morgan fingerprint density at radius 3 is 2.60 bits per heavy atom. The predicted molar refractivity (Wildman–Crippen MR) is 217 cm³/mol. The lowest BCUT2D eigenvalue weighted by molar-refractivity contribution is -0.139. The number of anilines is 1. The molecule has 0 bridgehead atoms. The molecule has 2 aromatic carbocycles. The number of methoxy groups -OCH3 is 1. The van der Waals surface area contributed by atoms with Crippen LogP contribution in [0, 0.1) is 18.7 Å². The number of aryl methyl sites for hydroxylation is 1. The van der Waals surface area contributed by atoms with Crippen molar-refractivity contribution in [2.75, 3.05) is 19.0 Å². The second-order valence-corrected chi connectivity index (χ2v) is 18.2.